The van der Waals surface area contributed by atoms with Crippen LogP contribution in [0.2, 0.25) is 0 Å². The van der Waals surface area contributed by atoms with Gasteiger partial charge in [0.25, 0.3) is 0 Å². The van der Waals surface area contributed by atoms with E-state index in [1.807, 2.05) is 6.92 Å². The molecule has 0 saturated heterocycles. The van der Waals surface area contributed by atoms with Crippen molar-refractivity contribution < 1.29 is 9.59 Å². The molecule has 0 atom stereocenters. The van der Waals surface area contributed by atoms with Gasteiger partial charge in [-0.3, -0.25) is 4.79 Å². The predicted octanol–water partition coefficient (Wildman–Crippen LogP) is 4.01. The Morgan fingerprint density at radius 2 is 2.07 bits per heavy atom. The van der Waals surface area contributed by atoms with E-state index in [1.165, 1.54) is 43.4 Å². The minimum atomic E-state index is -0.0758. The van der Waals surface area contributed by atoms with Crippen LogP contribution in [0.5, 0.6) is 0 Å². The number of urea groups is 1. The largest absolute Gasteiger partial charge is 0.338 e. The molecule has 146 valence electrons. The van der Waals surface area contributed by atoms with Crippen LogP contribution in [0, 0.1) is 17.2 Å². The van der Waals surface area contributed by atoms with Gasteiger partial charge in [-0.05, 0) is 31.2 Å². The fraction of sp³-hybridized carbons (Fsp3) is 0.650. The van der Waals surface area contributed by atoms with Gasteiger partial charge < -0.3 is 15.5 Å². The molecule has 1 aromatic rings. The van der Waals surface area contributed by atoms with Crippen molar-refractivity contribution in [2.45, 2.75) is 64.8 Å². The zero-order valence-electron chi connectivity index (χ0n) is 16.0. The Hall–Kier alpha value is -2.07. The summed E-state index contributed by atoms with van der Waals surface area (Å²) in [6.45, 7) is 3.59. The molecule has 0 radical (unpaired) electrons. The van der Waals surface area contributed by atoms with Gasteiger partial charge in [0.1, 0.15) is 11.1 Å². The second-order valence-corrected chi connectivity index (χ2v) is 8.52. The van der Waals surface area contributed by atoms with Crippen LogP contribution in [-0.2, 0) is 17.8 Å². The van der Waals surface area contributed by atoms with Gasteiger partial charge in [0.15, 0.2) is 0 Å². The molecule has 1 aliphatic heterocycles. The third-order valence-electron chi connectivity index (χ3n) is 5.54. The number of carbonyl (C=O) groups excluding carboxylic acids is 2. The van der Waals surface area contributed by atoms with Gasteiger partial charge in [0.2, 0.25) is 5.91 Å². The van der Waals surface area contributed by atoms with Gasteiger partial charge in [-0.15, -0.1) is 11.3 Å². The van der Waals surface area contributed by atoms with Crippen LogP contribution < -0.4 is 10.6 Å². The Bertz CT molecular complexity index is 731. The summed E-state index contributed by atoms with van der Waals surface area (Å²) < 4.78 is 0. The summed E-state index contributed by atoms with van der Waals surface area (Å²) in [7, 11) is 0. The van der Waals surface area contributed by atoms with Crippen LogP contribution >= 0.6 is 11.3 Å². The molecule has 6 nitrogen and oxygen atoms in total. The number of rotatable bonds is 5. The molecule has 1 saturated carbocycles. The van der Waals surface area contributed by atoms with E-state index in [4.69, 9.17) is 0 Å². The molecule has 0 unspecified atom stereocenters. The van der Waals surface area contributed by atoms with Gasteiger partial charge >= 0.3 is 6.03 Å². The topological polar surface area (TPSA) is 85.2 Å². The maximum atomic E-state index is 12.4. The molecule has 2 heterocycles. The number of anilines is 1. The lowest BCUT2D eigenvalue weighted by Crippen LogP contribution is -2.42. The molecule has 1 aliphatic carbocycles. The Morgan fingerprint density at radius 3 is 2.78 bits per heavy atom. The van der Waals surface area contributed by atoms with Crippen LogP contribution in [0.25, 0.3) is 0 Å². The number of thiophene rings is 1. The number of fused-ring (bicyclic) bond motifs is 1. The molecule has 2 N–H and O–H groups in total. The molecule has 3 rings (SSSR count). The summed E-state index contributed by atoms with van der Waals surface area (Å²) in [5, 5.41) is 16.0. The van der Waals surface area contributed by atoms with Crippen LogP contribution in [0.3, 0.4) is 0 Å². The second-order valence-electron chi connectivity index (χ2n) is 7.42. The highest BCUT2D eigenvalue weighted by Crippen LogP contribution is 2.37. The second kappa shape index (κ2) is 9.23. The summed E-state index contributed by atoms with van der Waals surface area (Å²) in [4.78, 5) is 27.2. The quantitative estimate of drug-likeness (QED) is 0.799. The molecule has 3 amide bonds. The zero-order chi connectivity index (χ0) is 19.2. The molecule has 1 fully saturated rings. The minimum absolute atomic E-state index is 0.00347. The third-order valence-corrected chi connectivity index (χ3v) is 6.67. The Morgan fingerprint density at radius 1 is 1.30 bits per heavy atom. The van der Waals surface area contributed by atoms with E-state index in [1.54, 1.807) is 4.90 Å². The standard InChI is InChI=1S/C20H28N4O2S/c1-2-22-20(26)24-11-10-15-16(12-21)19(27-17(15)13-24)23-18(25)9-8-14-6-4-3-5-7-14/h14H,2-11,13H2,1H3,(H,22,26)(H,23,25). The summed E-state index contributed by atoms with van der Waals surface area (Å²) in [6.07, 6.45) is 8.47. The lowest BCUT2D eigenvalue weighted by Gasteiger charge is -2.26. The molecule has 0 aromatic carbocycles. The fourth-order valence-electron chi connectivity index (χ4n) is 4.05. The van der Waals surface area contributed by atoms with Crippen LogP contribution in [0.15, 0.2) is 0 Å². The molecule has 0 bridgehead atoms. The Labute approximate surface area is 164 Å². The monoisotopic (exact) mass is 388 g/mol. The summed E-state index contributed by atoms with van der Waals surface area (Å²) >= 11 is 1.44. The van der Waals surface area contributed by atoms with Crippen molar-refractivity contribution in [2.75, 3.05) is 18.4 Å². The summed E-state index contributed by atoms with van der Waals surface area (Å²) in [5.41, 5.74) is 1.57. The minimum Gasteiger partial charge on any atom is -0.338 e. The number of nitrogens with one attached hydrogen (secondary N) is 2. The first-order valence-corrected chi connectivity index (χ1v) is 10.8. The van der Waals surface area contributed by atoms with Gasteiger partial charge in [-0.2, -0.15) is 5.26 Å². The van der Waals surface area contributed by atoms with E-state index in [0.29, 0.717) is 49.0 Å². The van der Waals surface area contributed by atoms with Crippen molar-refractivity contribution in [1.82, 2.24) is 10.2 Å². The van der Waals surface area contributed by atoms with Gasteiger partial charge in [0, 0.05) is 24.4 Å². The maximum Gasteiger partial charge on any atom is 0.317 e. The van der Waals surface area contributed by atoms with Gasteiger partial charge in [-0.1, -0.05) is 32.1 Å². The molecule has 7 heteroatoms. The van der Waals surface area contributed by atoms with E-state index < -0.39 is 0 Å². The SMILES string of the molecule is CCNC(=O)N1CCc2c(sc(NC(=O)CCC3CCCCC3)c2C#N)C1. The van der Waals surface area contributed by atoms with Crippen molar-refractivity contribution in [1.29, 1.82) is 5.26 Å². The zero-order valence-corrected chi connectivity index (χ0v) is 16.8. The molecule has 0 spiro atoms. The summed E-state index contributed by atoms with van der Waals surface area (Å²) in [6, 6.07) is 2.18. The van der Waals surface area contributed by atoms with E-state index >= 15 is 0 Å². The maximum absolute atomic E-state index is 12.4. The first-order chi connectivity index (χ1) is 13.1. The van der Waals surface area contributed by atoms with Crippen LogP contribution in [0.4, 0.5) is 9.80 Å². The average molecular weight is 389 g/mol. The first-order valence-electron chi connectivity index (χ1n) is 9.99. The lowest BCUT2D eigenvalue weighted by atomic mass is 9.86. The fourth-order valence-corrected chi connectivity index (χ4v) is 5.28. The first kappa shape index (κ1) is 19.7. The number of hydrogen-bond acceptors (Lipinski definition) is 4. The predicted molar refractivity (Wildman–Crippen MR) is 107 cm³/mol. The number of nitriles is 1. The van der Waals surface area contributed by atoms with Crippen LogP contribution in [-0.4, -0.2) is 29.9 Å². The molecular weight excluding hydrogens is 360 g/mol. The van der Waals surface area contributed by atoms with Crippen molar-refractivity contribution in [3.63, 3.8) is 0 Å². The van der Waals surface area contributed by atoms with E-state index in [9.17, 15) is 14.9 Å². The van der Waals surface area contributed by atoms with Gasteiger partial charge in [0.05, 0.1) is 12.1 Å². The van der Waals surface area contributed by atoms with E-state index in [-0.39, 0.29) is 11.9 Å². The van der Waals surface area contributed by atoms with Crippen molar-refractivity contribution >= 4 is 28.3 Å². The summed E-state index contributed by atoms with van der Waals surface area (Å²) in [5.74, 6) is 0.665. The highest BCUT2D eigenvalue weighted by atomic mass is 32.1. The molecule has 27 heavy (non-hydrogen) atoms. The molecular formula is C20H28N4O2S. The van der Waals surface area contributed by atoms with Gasteiger partial charge in [-0.25, -0.2) is 4.79 Å². The number of nitrogens with zero attached hydrogens (tertiary/aromatic N) is 2. The highest BCUT2D eigenvalue weighted by Gasteiger charge is 2.27. The number of amides is 3. The molecule has 2 aliphatic rings. The van der Waals surface area contributed by atoms with Crippen molar-refractivity contribution in [3.05, 3.63) is 16.0 Å². The third kappa shape index (κ3) is 4.81. The van der Waals surface area contributed by atoms with Crippen molar-refractivity contribution in [3.8, 4) is 6.07 Å². The number of carbonyl (C=O) groups is 2. The van der Waals surface area contributed by atoms with E-state index in [2.05, 4.69) is 16.7 Å². The average Bonchev–Trinajstić information content (AvgIpc) is 3.03. The Balaban J connectivity index is 1.62. The van der Waals surface area contributed by atoms with E-state index in [0.717, 1.165) is 16.9 Å². The normalized spacial score (nSPS) is 17.1. The smallest absolute Gasteiger partial charge is 0.317 e. The highest BCUT2D eigenvalue weighted by molar-refractivity contribution is 7.16. The lowest BCUT2D eigenvalue weighted by molar-refractivity contribution is -0.116. The Kier molecular flexibility index (Phi) is 6.73. The molecule has 1 aromatic heterocycles. The van der Waals surface area contributed by atoms with Crippen molar-refractivity contribution in [2.24, 2.45) is 5.92 Å². The number of hydrogen-bond donors (Lipinski definition) is 2. The van der Waals surface area contributed by atoms with Crippen LogP contribution in [0.1, 0.15) is 67.9 Å².